The number of oxazole rings is 1. The van der Waals surface area contributed by atoms with Crippen LogP contribution in [0.5, 0.6) is 5.95 Å². The molecule has 24 heavy (non-hydrogen) atoms. The largest absolute Gasteiger partial charge is 0.562 e. The lowest BCUT2D eigenvalue weighted by atomic mass is 10.2. The maximum absolute atomic E-state index is 11.9. The Hall–Kier alpha value is -3.12. The van der Waals surface area contributed by atoms with Crippen LogP contribution in [-0.2, 0) is 0 Å². The molecule has 2 aromatic carbocycles. The molecule has 120 valence electrons. The van der Waals surface area contributed by atoms with E-state index in [0.717, 1.165) is 0 Å². The Bertz CT molecular complexity index is 917. The van der Waals surface area contributed by atoms with Crippen molar-refractivity contribution < 1.29 is 19.4 Å². The van der Waals surface area contributed by atoms with Crippen LogP contribution in [0.25, 0.3) is 11.5 Å². The van der Waals surface area contributed by atoms with Crippen molar-refractivity contribution in [1.82, 2.24) is 4.98 Å². The number of para-hydroxylation sites is 1. The van der Waals surface area contributed by atoms with Gasteiger partial charge >= 0.3 is 5.97 Å². The lowest BCUT2D eigenvalue weighted by Gasteiger charge is -1.99. The smallest absolute Gasteiger partial charge is 0.337 e. The molecular formula is C17H10ClN2O4-. The molecule has 3 rings (SSSR count). The summed E-state index contributed by atoms with van der Waals surface area (Å²) in [7, 11) is 0. The molecule has 0 aliphatic heterocycles. The average Bonchev–Trinajstić information content (AvgIpc) is 2.94. The van der Waals surface area contributed by atoms with E-state index in [0.29, 0.717) is 10.6 Å². The number of carboxylic acids is 1. The number of carboxylic acid groups (broad SMARTS) is 1. The summed E-state index contributed by atoms with van der Waals surface area (Å²) in [6, 6.07) is 12.9. The Kier molecular flexibility index (Phi) is 4.31. The van der Waals surface area contributed by atoms with Crippen molar-refractivity contribution in [3.05, 3.63) is 64.8 Å². The van der Waals surface area contributed by atoms with Crippen LogP contribution in [0.1, 0.15) is 16.1 Å². The molecule has 3 aromatic rings. The minimum Gasteiger partial charge on any atom is -0.562 e. The summed E-state index contributed by atoms with van der Waals surface area (Å²) in [4.78, 5) is 19.2. The highest BCUT2D eigenvalue weighted by atomic mass is 35.5. The van der Waals surface area contributed by atoms with Crippen molar-refractivity contribution in [1.29, 1.82) is 0 Å². The number of aromatic nitrogens is 1. The standard InChI is InChI=1S/C17H11ClN2O4/c18-11-7-5-10(6-8-11)15-20-14(17(23)24-15)9-19-13-4-2-1-3-12(13)16(21)22/h1-9,23H,(H,21,22)/p-1. The van der Waals surface area contributed by atoms with Gasteiger partial charge in [-0.05, 0) is 24.3 Å². The zero-order valence-corrected chi connectivity index (χ0v) is 12.9. The second-order valence-electron chi connectivity index (χ2n) is 4.78. The third-order valence-electron chi connectivity index (χ3n) is 3.17. The van der Waals surface area contributed by atoms with E-state index in [2.05, 4.69) is 9.98 Å². The molecule has 0 saturated carbocycles. The molecule has 0 aliphatic rings. The molecule has 1 heterocycles. The lowest BCUT2D eigenvalue weighted by Crippen LogP contribution is -1.97. The van der Waals surface area contributed by atoms with Gasteiger partial charge in [0, 0.05) is 10.6 Å². The Balaban J connectivity index is 1.91. The van der Waals surface area contributed by atoms with Gasteiger partial charge in [0.25, 0.3) is 0 Å². The predicted molar refractivity (Wildman–Crippen MR) is 87.1 cm³/mol. The topological polar surface area (TPSA) is 98.8 Å². The second kappa shape index (κ2) is 6.55. The molecule has 1 aromatic heterocycles. The SMILES string of the molecule is O=C(O)c1ccccc1N=Cc1nc(-c2ccc(Cl)cc2)oc1[O-]. The number of aromatic carboxylic acids is 1. The lowest BCUT2D eigenvalue weighted by molar-refractivity contribution is -0.293. The second-order valence-corrected chi connectivity index (χ2v) is 5.22. The molecule has 0 aliphatic carbocycles. The van der Waals surface area contributed by atoms with Crippen molar-refractivity contribution in [2.24, 2.45) is 4.99 Å². The molecule has 0 atom stereocenters. The summed E-state index contributed by atoms with van der Waals surface area (Å²) in [5, 5.41) is 21.5. The Labute approximate surface area is 141 Å². The summed E-state index contributed by atoms with van der Waals surface area (Å²) >= 11 is 5.81. The fraction of sp³-hybridized carbons (Fsp3) is 0. The number of hydrogen-bond donors (Lipinski definition) is 1. The summed E-state index contributed by atoms with van der Waals surface area (Å²) in [5.41, 5.74) is 0.838. The maximum atomic E-state index is 11.9. The molecule has 0 bridgehead atoms. The van der Waals surface area contributed by atoms with Crippen LogP contribution >= 0.6 is 11.6 Å². The average molecular weight is 342 g/mol. The number of carbonyl (C=O) groups is 1. The molecule has 7 heteroatoms. The Morgan fingerprint density at radius 1 is 1.21 bits per heavy atom. The molecule has 0 saturated heterocycles. The highest BCUT2D eigenvalue weighted by Crippen LogP contribution is 2.26. The molecule has 6 nitrogen and oxygen atoms in total. The molecular weight excluding hydrogens is 332 g/mol. The van der Waals surface area contributed by atoms with Crippen LogP contribution < -0.4 is 5.11 Å². The minimum absolute atomic E-state index is 0.0138. The van der Waals surface area contributed by atoms with E-state index in [1.165, 1.54) is 18.3 Å². The van der Waals surface area contributed by atoms with E-state index in [9.17, 15) is 9.90 Å². The highest BCUT2D eigenvalue weighted by molar-refractivity contribution is 6.30. The fourth-order valence-electron chi connectivity index (χ4n) is 2.01. The maximum Gasteiger partial charge on any atom is 0.337 e. The zero-order valence-electron chi connectivity index (χ0n) is 12.1. The predicted octanol–water partition coefficient (Wildman–Crippen LogP) is 3.52. The third kappa shape index (κ3) is 3.28. The van der Waals surface area contributed by atoms with E-state index in [4.69, 9.17) is 21.1 Å². The number of hydrogen-bond acceptors (Lipinski definition) is 5. The van der Waals surface area contributed by atoms with Crippen molar-refractivity contribution in [2.75, 3.05) is 0 Å². The van der Waals surface area contributed by atoms with Crippen LogP contribution in [0.3, 0.4) is 0 Å². The van der Waals surface area contributed by atoms with Gasteiger partial charge in [-0.1, -0.05) is 35.9 Å². The van der Waals surface area contributed by atoms with Gasteiger partial charge < -0.3 is 14.6 Å². The van der Waals surface area contributed by atoms with Crippen molar-refractivity contribution in [2.45, 2.75) is 0 Å². The van der Waals surface area contributed by atoms with Gasteiger partial charge in [-0.2, -0.15) is 0 Å². The first kappa shape index (κ1) is 15.8. The van der Waals surface area contributed by atoms with Gasteiger partial charge in [0.2, 0.25) is 0 Å². The van der Waals surface area contributed by atoms with E-state index < -0.39 is 11.9 Å². The highest BCUT2D eigenvalue weighted by Gasteiger charge is 2.08. The molecule has 0 unspecified atom stereocenters. The van der Waals surface area contributed by atoms with E-state index in [-0.39, 0.29) is 22.8 Å². The van der Waals surface area contributed by atoms with Gasteiger partial charge in [0.15, 0.2) is 0 Å². The molecule has 0 radical (unpaired) electrons. The normalized spacial score (nSPS) is 11.0. The fourth-order valence-corrected chi connectivity index (χ4v) is 2.14. The zero-order chi connectivity index (χ0) is 17.1. The minimum atomic E-state index is -1.10. The van der Waals surface area contributed by atoms with Gasteiger partial charge in [-0.3, -0.25) is 4.99 Å². The van der Waals surface area contributed by atoms with E-state index in [1.807, 2.05) is 0 Å². The monoisotopic (exact) mass is 341 g/mol. The first-order valence-electron chi connectivity index (χ1n) is 6.85. The number of halogens is 1. The summed E-state index contributed by atoms with van der Waals surface area (Å²) in [6.45, 7) is 0. The van der Waals surface area contributed by atoms with Gasteiger partial charge in [0.1, 0.15) is 11.6 Å². The summed E-state index contributed by atoms with van der Waals surface area (Å²) < 4.78 is 5.09. The first-order chi connectivity index (χ1) is 11.5. The van der Waals surface area contributed by atoms with Crippen LogP contribution in [0.4, 0.5) is 5.69 Å². The van der Waals surface area contributed by atoms with Crippen molar-refractivity contribution >= 4 is 29.5 Å². The number of nitrogens with zero attached hydrogens (tertiary/aromatic N) is 2. The third-order valence-corrected chi connectivity index (χ3v) is 3.42. The Morgan fingerprint density at radius 2 is 1.92 bits per heavy atom. The number of aliphatic imine (C=N–C) groups is 1. The number of benzene rings is 2. The van der Waals surface area contributed by atoms with E-state index >= 15 is 0 Å². The van der Waals surface area contributed by atoms with E-state index in [1.54, 1.807) is 36.4 Å². The van der Waals surface area contributed by atoms with Crippen molar-refractivity contribution in [3.63, 3.8) is 0 Å². The van der Waals surface area contributed by atoms with Crippen LogP contribution in [0.15, 0.2) is 57.9 Å². The molecule has 0 amide bonds. The first-order valence-corrected chi connectivity index (χ1v) is 7.22. The van der Waals surface area contributed by atoms with Gasteiger partial charge in [0.05, 0.1) is 23.4 Å². The summed E-state index contributed by atoms with van der Waals surface area (Å²) in [5.74, 6) is -1.62. The quantitative estimate of drug-likeness (QED) is 0.732. The summed E-state index contributed by atoms with van der Waals surface area (Å²) in [6.07, 6.45) is 1.19. The van der Waals surface area contributed by atoms with Gasteiger partial charge in [-0.15, -0.1) is 0 Å². The van der Waals surface area contributed by atoms with Crippen LogP contribution in [-0.4, -0.2) is 22.3 Å². The molecule has 0 fully saturated rings. The van der Waals surface area contributed by atoms with Crippen LogP contribution in [0.2, 0.25) is 5.02 Å². The molecule has 0 spiro atoms. The van der Waals surface area contributed by atoms with Crippen LogP contribution in [0, 0.1) is 0 Å². The van der Waals surface area contributed by atoms with Crippen molar-refractivity contribution in [3.8, 4) is 17.4 Å². The van der Waals surface area contributed by atoms with Gasteiger partial charge in [-0.25, -0.2) is 9.78 Å². The number of rotatable bonds is 4. The Morgan fingerprint density at radius 3 is 2.62 bits per heavy atom. The molecule has 1 N–H and O–H groups in total.